The molecule has 6 unspecified atom stereocenters. The molecule has 2 saturated heterocycles. The molecule has 2 aliphatic rings. The Bertz CT molecular complexity index is 1040. The molecule has 9 heteroatoms. The maximum absolute atomic E-state index is 12.1. The average Bonchev–Trinajstić information content (AvgIpc) is 2.83. The highest BCUT2D eigenvalue weighted by Gasteiger charge is 2.52. The third kappa shape index (κ3) is 6.22. The molecular formula is C27H33NO8. The molecule has 2 fully saturated rings. The Morgan fingerprint density at radius 3 is 2.36 bits per heavy atom. The number of hydrogen-bond donors (Lipinski definition) is 2. The molecule has 0 saturated carbocycles. The zero-order valence-corrected chi connectivity index (χ0v) is 20.9. The normalized spacial score (nSPS) is 28.1. The lowest BCUT2D eigenvalue weighted by atomic mass is 9.87. The van der Waals surface area contributed by atoms with E-state index in [1.54, 1.807) is 0 Å². The highest BCUT2D eigenvalue weighted by molar-refractivity contribution is 5.73. The molecular weight excluding hydrogens is 466 g/mol. The molecule has 0 aliphatic carbocycles. The van der Waals surface area contributed by atoms with Gasteiger partial charge in [0, 0.05) is 12.5 Å². The number of carbonyl (C=O) groups is 2. The molecule has 2 aliphatic heterocycles. The number of aliphatic carboxylic acids is 1. The second kappa shape index (κ2) is 11.0. The summed E-state index contributed by atoms with van der Waals surface area (Å²) in [4.78, 5) is 23.5. The molecule has 2 aromatic carbocycles. The Labute approximate surface area is 210 Å². The number of ether oxygens (including phenoxy) is 5. The van der Waals surface area contributed by atoms with E-state index in [9.17, 15) is 14.7 Å². The molecule has 2 heterocycles. The zero-order chi connectivity index (χ0) is 25.9. The molecule has 9 nitrogen and oxygen atoms in total. The Kier molecular flexibility index (Phi) is 7.94. The van der Waals surface area contributed by atoms with E-state index in [2.05, 4.69) is 26.1 Å². The van der Waals surface area contributed by atoms with Gasteiger partial charge >= 0.3 is 5.97 Å². The van der Waals surface area contributed by atoms with Crippen molar-refractivity contribution in [2.75, 3.05) is 13.2 Å². The zero-order valence-electron chi connectivity index (χ0n) is 20.9. The lowest BCUT2D eigenvalue weighted by Gasteiger charge is -2.49. The number of rotatable bonds is 7. The number of carboxylic acids is 1. The maximum Gasteiger partial charge on any atom is 0.329 e. The van der Waals surface area contributed by atoms with E-state index in [1.165, 1.54) is 6.92 Å². The van der Waals surface area contributed by atoms with Crippen molar-refractivity contribution in [2.45, 2.75) is 70.0 Å². The highest BCUT2D eigenvalue weighted by Crippen LogP contribution is 2.36. The minimum Gasteiger partial charge on any atom is -0.480 e. The first kappa shape index (κ1) is 26.1. The van der Waals surface area contributed by atoms with Gasteiger partial charge in [-0.15, -0.1) is 0 Å². The van der Waals surface area contributed by atoms with E-state index in [-0.39, 0.29) is 17.9 Å². The van der Waals surface area contributed by atoms with Crippen LogP contribution in [0.25, 0.3) is 0 Å². The molecule has 194 valence electrons. The first-order valence-corrected chi connectivity index (χ1v) is 12.0. The van der Waals surface area contributed by atoms with E-state index in [1.807, 2.05) is 54.6 Å². The second-order valence-corrected chi connectivity index (χ2v) is 10.0. The van der Waals surface area contributed by atoms with Gasteiger partial charge in [-0.05, 0) is 23.1 Å². The standard InChI is InChI=1S/C27H33NO8/c1-16(29)28-22-24(32-15-21(30)31)23-20(14-33-25(36-23)17-8-6-5-7-9-17)35-26(22)34-19-12-10-18(11-13-19)27(2,3)4/h5-13,20,22-26H,14-15H2,1-4H3,(H,28,29)(H,30,31). The van der Waals surface area contributed by atoms with E-state index in [0.29, 0.717) is 5.75 Å². The predicted octanol–water partition coefficient (Wildman–Crippen LogP) is 3.18. The van der Waals surface area contributed by atoms with Crippen LogP contribution in [-0.4, -0.2) is 60.8 Å². The number of nitrogens with one attached hydrogen (secondary N) is 1. The van der Waals surface area contributed by atoms with Gasteiger partial charge in [-0.2, -0.15) is 0 Å². The van der Waals surface area contributed by atoms with Crippen LogP contribution in [-0.2, 0) is 34.0 Å². The predicted molar refractivity (Wildman–Crippen MR) is 129 cm³/mol. The summed E-state index contributed by atoms with van der Waals surface area (Å²) < 4.78 is 30.3. The largest absolute Gasteiger partial charge is 0.480 e. The molecule has 4 rings (SSSR count). The number of amides is 1. The summed E-state index contributed by atoms with van der Waals surface area (Å²) in [7, 11) is 0. The molecule has 0 spiro atoms. The fraction of sp³-hybridized carbons (Fsp3) is 0.481. The lowest BCUT2D eigenvalue weighted by Crippen LogP contribution is -2.68. The fourth-order valence-electron chi connectivity index (χ4n) is 4.37. The molecule has 0 aromatic heterocycles. The number of hydrogen-bond acceptors (Lipinski definition) is 7. The first-order chi connectivity index (χ1) is 17.1. The molecule has 0 radical (unpaired) electrons. The molecule has 1 amide bonds. The van der Waals surface area contributed by atoms with Gasteiger partial charge in [0.25, 0.3) is 0 Å². The average molecular weight is 500 g/mol. The Balaban J connectivity index is 1.60. The van der Waals surface area contributed by atoms with Gasteiger partial charge in [0.2, 0.25) is 12.2 Å². The molecule has 2 aromatic rings. The van der Waals surface area contributed by atoms with Crippen LogP contribution < -0.4 is 10.1 Å². The van der Waals surface area contributed by atoms with Crippen LogP contribution in [0.3, 0.4) is 0 Å². The van der Waals surface area contributed by atoms with Gasteiger partial charge in [0.1, 0.15) is 36.7 Å². The van der Waals surface area contributed by atoms with E-state index < -0.39 is 49.5 Å². The topological polar surface area (TPSA) is 113 Å². The minimum atomic E-state index is -1.14. The number of benzene rings is 2. The van der Waals surface area contributed by atoms with E-state index in [0.717, 1.165) is 11.1 Å². The number of carboxylic acid groups (broad SMARTS) is 1. The van der Waals surface area contributed by atoms with Crippen LogP contribution in [0.15, 0.2) is 54.6 Å². The third-order valence-electron chi connectivity index (χ3n) is 6.15. The van der Waals surface area contributed by atoms with Crippen molar-refractivity contribution >= 4 is 11.9 Å². The van der Waals surface area contributed by atoms with Gasteiger partial charge in [0.15, 0.2) is 6.29 Å². The second-order valence-electron chi connectivity index (χ2n) is 10.0. The van der Waals surface area contributed by atoms with Gasteiger partial charge in [-0.1, -0.05) is 63.2 Å². The number of carbonyl (C=O) groups excluding carboxylic acids is 1. The fourth-order valence-corrected chi connectivity index (χ4v) is 4.37. The summed E-state index contributed by atoms with van der Waals surface area (Å²) in [6.07, 6.45) is -3.82. The monoisotopic (exact) mass is 499 g/mol. The molecule has 0 bridgehead atoms. The molecule has 2 N–H and O–H groups in total. The van der Waals surface area contributed by atoms with Crippen molar-refractivity contribution < 1.29 is 38.4 Å². The summed E-state index contributed by atoms with van der Waals surface area (Å²) in [5, 5.41) is 12.1. The van der Waals surface area contributed by atoms with Gasteiger partial charge in [0.05, 0.1) is 6.61 Å². The summed E-state index contributed by atoms with van der Waals surface area (Å²) in [6, 6.07) is 16.2. The Hall–Kier alpha value is -2.98. The maximum atomic E-state index is 12.1. The summed E-state index contributed by atoms with van der Waals surface area (Å²) >= 11 is 0. The van der Waals surface area contributed by atoms with Crippen molar-refractivity contribution in [3.05, 3.63) is 65.7 Å². The highest BCUT2D eigenvalue weighted by atomic mass is 16.8. The smallest absolute Gasteiger partial charge is 0.329 e. The molecule has 6 atom stereocenters. The van der Waals surface area contributed by atoms with Gasteiger partial charge in [-0.25, -0.2) is 4.79 Å². The van der Waals surface area contributed by atoms with Crippen molar-refractivity contribution in [3.63, 3.8) is 0 Å². The van der Waals surface area contributed by atoms with Crippen molar-refractivity contribution in [1.82, 2.24) is 5.32 Å². The quantitative estimate of drug-likeness (QED) is 0.598. The number of fused-ring (bicyclic) bond motifs is 1. The summed E-state index contributed by atoms with van der Waals surface area (Å²) in [5.74, 6) is -0.936. The van der Waals surface area contributed by atoms with Crippen LogP contribution in [0.4, 0.5) is 0 Å². The van der Waals surface area contributed by atoms with E-state index >= 15 is 0 Å². The van der Waals surface area contributed by atoms with Crippen molar-refractivity contribution in [3.8, 4) is 5.75 Å². The van der Waals surface area contributed by atoms with Crippen LogP contribution >= 0.6 is 0 Å². The van der Waals surface area contributed by atoms with Crippen LogP contribution in [0, 0.1) is 0 Å². The minimum absolute atomic E-state index is 0.0202. The Morgan fingerprint density at radius 1 is 1.06 bits per heavy atom. The van der Waals surface area contributed by atoms with Crippen LogP contribution in [0.2, 0.25) is 0 Å². The Morgan fingerprint density at radius 2 is 1.75 bits per heavy atom. The molecule has 36 heavy (non-hydrogen) atoms. The SMILES string of the molecule is CC(=O)NC1C(Oc2ccc(C(C)(C)C)cc2)OC2COC(c3ccccc3)OC2C1OCC(=O)O. The lowest BCUT2D eigenvalue weighted by molar-refractivity contribution is -0.337. The van der Waals surface area contributed by atoms with Gasteiger partial charge < -0.3 is 34.1 Å². The third-order valence-corrected chi connectivity index (χ3v) is 6.15. The van der Waals surface area contributed by atoms with Gasteiger partial charge in [-0.3, -0.25) is 4.79 Å². The summed E-state index contributed by atoms with van der Waals surface area (Å²) in [5.41, 5.74) is 1.93. The van der Waals surface area contributed by atoms with Crippen LogP contribution in [0.5, 0.6) is 5.75 Å². The van der Waals surface area contributed by atoms with Crippen molar-refractivity contribution in [1.29, 1.82) is 0 Å². The van der Waals surface area contributed by atoms with E-state index in [4.69, 9.17) is 23.7 Å². The van der Waals surface area contributed by atoms with Crippen molar-refractivity contribution in [2.24, 2.45) is 0 Å². The summed E-state index contributed by atoms with van der Waals surface area (Å²) in [6.45, 7) is 7.33. The first-order valence-electron chi connectivity index (χ1n) is 12.0. The van der Waals surface area contributed by atoms with Crippen LogP contribution in [0.1, 0.15) is 45.1 Å².